The Morgan fingerprint density at radius 3 is 2.44 bits per heavy atom. The van der Waals surface area contributed by atoms with Crippen LogP contribution in [0.1, 0.15) is 11.7 Å². The Kier molecular flexibility index (Phi) is 2.26. The van der Waals surface area contributed by atoms with E-state index in [4.69, 9.17) is 4.42 Å². The Morgan fingerprint density at radius 2 is 1.81 bits per heavy atom. The van der Waals surface area contributed by atoms with Crippen molar-refractivity contribution < 1.29 is 8.81 Å². The lowest BCUT2D eigenvalue weighted by Gasteiger charge is -2.24. The van der Waals surface area contributed by atoms with Crippen molar-refractivity contribution in [2.24, 2.45) is 0 Å². The van der Waals surface area contributed by atoms with Gasteiger partial charge < -0.3 is 9.73 Å². The largest absolute Gasteiger partial charge is 0.461 e. The molecule has 1 aromatic heterocycles. The number of hydrogen-bond acceptors (Lipinski definition) is 2. The fourth-order valence-electron chi connectivity index (χ4n) is 1.83. The first kappa shape index (κ1) is 9.60. The van der Waals surface area contributed by atoms with E-state index in [0.717, 1.165) is 30.2 Å². The molecule has 3 rings (SSSR count). The minimum absolute atomic E-state index is 0.223. The Labute approximate surface area is 93.1 Å². The molecule has 0 aliphatic carbocycles. The Hall–Kier alpha value is -1.61. The van der Waals surface area contributed by atoms with Gasteiger partial charge in [0.2, 0.25) is 0 Å². The second kappa shape index (κ2) is 3.76. The summed E-state index contributed by atoms with van der Waals surface area (Å²) >= 11 is 0. The highest BCUT2D eigenvalue weighted by atomic mass is 19.1. The first-order valence-electron chi connectivity index (χ1n) is 5.39. The fourth-order valence-corrected chi connectivity index (χ4v) is 1.83. The van der Waals surface area contributed by atoms with Gasteiger partial charge in [-0.15, -0.1) is 0 Å². The van der Waals surface area contributed by atoms with Crippen molar-refractivity contribution >= 4 is 0 Å². The van der Waals surface area contributed by atoms with Crippen LogP contribution in [0.15, 0.2) is 40.8 Å². The molecule has 0 atom stereocenters. The van der Waals surface area contributed by atoms with E-state index in [1.807, 2.05) is 12.1 Å². The number of rotatable bonds is 2. The van der Waals surface area contributed by atoms with Gasteiger partial charge in [-0.3, -0.25) is 0 Å². The quantitative estimate of drug-likeness (QED) is 0.836. The zero-order chi connectivity index (χ0) is 11.0. The molecule has 1 saturated heterocycles. The van der Waals surface area contributed by atoms with Gasteiger partial charge in [-0.05, 0) is 36.4 Å². The molecule has 16 heavy (non-hydrogen) atoms. The highest BCUT2D eigenvalue weighted by molar-refractivity contribution is 5.57. The van der Waals surface area contributed by atoms with Crippen molar-refractivity contribution in [1.29, 1.82) is 0 Å². The van der Waals surface area contributed by atoms with Gasteiger partial charge in [-0.1, -0.05) is 0 Å². The third-order valence-corrected chi connectivity index (χ3v) is 2.94. The van der Waals surface area contributed by atoms with Gasteiger partial charge >= 0.3 is 0 Å². The first-order chi connectivity index (χ1) is 7.83. The van der Waals surface area contributed by atoms with Gasteiger partial charge in [0.15, 0.2) is 0 Å². The molecule has 2 aromatic rings. The van der Waals surface area contributed by atoms with E-state index >= 15 is 0 Å². The van der Waals surface area contributed by atoms with Crippen molar-refractivity contribution in [1.82, 2.24) is 5.32 Å². The molecule has 0 unspecified atom stereocenters. The Balaban J connectivity index is 1.88. The minimum Gasteiger partial charge on any atom is -0.461 e. The standard InChI is InChI=1S/C13H12FNO/c14-11-3-1-9(2-4-11)12-5-6-13(16-12)10-7-15-8-10/h1-6,10,15H,7-8H2. The average Bonchev–Trinajstić information content (AvgIpc) is 2.65. The molecule has 0 saturated carbocycles. The van der Waals surface area contributed by atoms with Gasteiger partial charge in [0, 0.05) is 24.6 Å². The van der Waals surface area contributed by atoms with Crippen LogP contribution >= 0.6 is 0 Å². The lowest BCUT2D eigenvalue weighted by molar-refractivity contribution is 0.373. The number of benzene rings is 1. The average molecular weight is 217 g/mol. The summed E-state index contributed by atoms with van der Waals surface area (Å²) in [6.07, 6.45) is 0. The van der Waals surface area contributed by atoms with Crippen molar-refractivity contribution in [3.05, 3.63) is 48.0 Å². The summed E-state index contributed by atoms with van der Waals surface area (Å²) in [6, 6.07) is 10.3. The van der Waals surface area contributed by atoms with Gasteiger partial charge in [-0.2, -0.15) is 0 Å². The molecule has 1 aliphatic heterocycles. The molecule has 3 heteroatoms. The normalized spacial score (nSPS) is 16.1. The highest BCUT2D eigenvalue weighted by Gasteiger charge is 2.22. The molecule has 1 aromatic carbocycles. The second-order valence-corrected chi connectivity index (χ2v) is 4.06. The van der Waals surface area contributed by atoms with Crippen LogP contribution < -0.4 is 5.32 Å². The van der Waals surface area contributed by atoms with E-state index in [-0.39, 0.29) is 5.82 Å². The van der Waals surface area contributed by atoms with Crippen LogP contribution in [-0.2, 0) is 0 Å². The minimum atomic E-state index is -0.223. The molecule has 1 aliphatic rings. The monoisotopic (exact) mass is 217 g/mol. The van der Waals surface area contributed by atoms with Crippen LogP contribution in [-0.4, -0.2) is 13.1 Å². The first-order valence-corrected chi connectivity index (χ1v) is 5.39. The summed E-state index contributed by atoms with van der Waals surface area (Å²) < 4.78 is 18.5. The van der Waals surface area contributed by atoms with Crippen LogP contribution in [0.25, 0.3) is 11.3 Å². The van der Waals surface area contributed by atoms with Crippen molar-refractivity contribution in [3.8, 4) is 11.3 Å². The molecule has 0 spiro atoms. The lowest BCUT2D eigenvalue weighted by Crippen LogP contribution is -2.39. The molecule has 2 nitrogen and oxygen atoms in total. The van der Waals surface area contributed by atoms with E-state index in [9.17, 15) is 4.39 Å². The lowest BCUT2D eigenvalue weighted by atomic mass is 10.0. The van der Waals surface area contributed by atoms with E-state index in [1.165, 1.54) is 12.1 Å². The van der Waals surface area contributed by atoms with Gasteiger partial charge in [0.1, 0.15) is 17.3 Å². The SMILES string of the molecule is Fc1ccc(-c2ccc(C3CNC3)o2)cc1. The smallest absolute Gasteiger partial charge is 0.134 e. The van der Waals surface area contributed by atoms with Crippen LogP contribution in [0, 0.1) is 5.82 Å². The summed E-state index contributed by atoms with van der Waals surface area (Å²) in [4.78, 5) is 0. The summed E-state index contributed by atoms with van der Waals surface area (Å²) in [7, 11) is 0. The number of hydrogen-bond donors (Lipinski definition) is 1. The van der Waals surface area contributed by atoms with Crippen molar-refractivity contribution in [3.63, 3.8) is 0 Å². The molecular formula is C13H12FNO. The third kappa shape index (κ3) is 1.63. The van der Waals surface area contributed by atoms with E-state index < -0.39 is 0 Å². The maximum absolute atomic E-state index is 12.8. The zero-order valence-electron chi connectivity index (χ0n) is 8.74. The molecule has 0 amide bonds. The molecule has 0 bridgehead atoms. The molecule has 1 N–H and O–H groups in total. The molecular weight excluding hydrogens is 205 g/mol. The van der Waals surface area contributed by atoms with Crippen LogP contribution in [0.2, 0.25) is 0 Å². The highest BCUT2D eigenvalue weighted by Crippen LogP contribution is 2.28. The van der Waals surface area contributed by atoms with Crippen LogP contribution in [0.3, 0.4) is 0 Å². The second-order valence-electron chi connectivity index (χ2n) is 4.06. The van der Waals surface area contributed by atoms with Crippen molar-refractivity contribution in [2.75, 3.05) is 13.1 Å². The molecule has 82 valence electrons. The van der Waals surface area contributed by atoms with Crippen LogP contribution in [0.4, 0.5) is 4.39 Å². The molecule has 0 radical (unpaired) electrons. The predicted octanol–water partition coefficient (Wildman–Crippen LogP) is 2.77. The Bertz CT molecular complexity index is 485. The summed E-state index contributed by atoms with van der Waals surface area (Å²) in [5.41, 5.74) is 0.917. The zero-order valence-corrected chi connectivity index (χ0v) is 8.74. The Morgan fingerprint density at radius 1 is 1.06 bits per heavy atom. The summed E-state index contributed by atoms with van der Waals surface area (Å²) in [6.45, 7) is 1.97. The van der Waals surface area contributed by atoms with E-state index in [2.05, 4.69) is 5.32 Å². The van der Waals surface area contributed by atoms with Gasteiger partial charge in [-0.25, -0.2) is 4.39 Å². The predicted molar refractivity (Wildman–Crippen MR) is 59.7 cm³/mol. The van der Waals surface area contributed by atoms with Gasteiger partial charge in [0.05, 0.1) is 0 Å². The van der Waals surface area contributed by atoms with Gasteiger partial charge in [0.25, 0.3) is 0 Å². The number of nitrogens with one attached hydrogen (secondary N) is 1. The maximum atomic E-state index is 12.8. The number of furan rings is 1. The molecule has 2 heterocycles. The van der Waals surface area contributed by atoms with Crippen LogP contribution in [0.5, 0.6) is 0 Å². The summed E-state index contributed by atoms with van der Waals surface area (Å²) in [5, 5.41) is 3.21. The molecule has 1 fully saturated rings. The van der Waals surface area contributed by atoms with E-state index in [1.54, 1.807) is 12.1 Å². The van der Waals surface area contributed by atoms with E-state index in [0.29, 0.717) is 5.92 Å². The fraction of sp³-hybridized carbons (Fsp3) is 0.231. The third-order valence-electron chi connectivity index (χ3n) is 2.94. The topological polar surface area (TPSA) is 25.2 Å². The van der Waals surface area contributed by atoms with Crippen molar-refractivity contribution in [2.45, 2.75) is 5.92 Å². The number of halogens is 1. The summed E-state index contributed by atoms with van der Waals surface area (Å²) in [5.74, 6) is 2.09. The maximum Gasteiger partial charge on any atom is 0.134 e.